The van der Waals surface area contributed by atoms with Gasteiger partial charge in [-0.15, -0.1) is 6.58 Å². The third kappa shape index (κ3) is 9.39. The van der Waals surface area contributed by atoms with Crippen LogP contribution >= 0.6 is 0 Å². The molecule has 0 aliphatic carbocycles. The summed E-state index contributed by atoms with van der Waals surface area (Å²) in [6.07, 6.45) is 12.2. The SMILES string of the molecule is C=CCCCCC(=C)CCCCC. The van der Waals surface area contributed by atoms with Crippen molar-refractivity contribution in [2.24, 2.45) is 0 Å². The van der Waals surface area contributed by atoms with Crippen LogP contribution in [0, 0.1) is 0 Å². The predicted molar refractivity (Wildman–Crippen MR) is 61.9 cm³/mol. The fourth-order valence-electron chi connectivity index (χ4n) is 1.41. The molecule has 0 aliphatic heterocycles. The smallest absolute Gasteiger partial charge is 0.0323 e. The summed E-state index contributed by atoms with van der Waals surface area (Å²) in [6, 6.07) is 0. The molecule has 0 nitrogen and oxygen atoms in total. The lowest BCUT2D eigenvalue weighted by Gasteiger charge is -2.03. The Labute approximate surface area is 83.7 Å². The standard InChI is InChI=1S/C13H24/c1-4-6-8-10-12-13(3)11-9-7-5-2/h4H,1,3,5-12H2,2H3. The van der Waals surface area contributed by atoms with Crippen LogP contribution in [0.2, 0.25) is 0 Å². The second kappa shape index (κ2) is 9.57. The van der Waals surface area contributed by atoms with Crippen molar-refractivity contribution in [3.63, 3.8) is 0 Å². The summed E-state index contributed by atoms with van der Waals surface area (Å²) in [5, 5.41) is 0. The van der Waals surface area contributed by atoms with Crippen molar-refractivity contribution in [3.8, 4) is 0 Å². The quantitative estimate of drug-likeness (QED) is 0.351. The van der Waals surface area contributed by atoms with Crippen molar-refractivity contribution in [3.05, 3.63) is 24.8 Å². The van der Waals surface area contributed by atoms with Gasteiger partial charge in [-0.05, 0) is 38.5 Å². The van der Waals surface area contributed by atoms with Gasteiger partial charge in [0.05, 0.1) is 0 Å². The second-order valence-corrected chi connectivity index (χ2v) is 3.74. The van der Waals surface area contributed by atoms with Gasteiger partial charge < -0.3 is 0 Å². The van der Waals surface area contributed by atoms with Gasteiger partial charge in [0, 0.05) is 0 Å². The summed E-state index contributed by atoms with van der Waals surface area (Å²) in [6.45, 7) is 10.1. The van der Waals surface area contributed by atoms with Crippen LogP contribution in [0.25, 0.3) is 0 Å². The van der Waals surface area contributed by atoms with Crippen LogP contribution in [0.1, 0.15) is 58.3 Å². The first-order chi connectivity index (χ1) is 6.31. The lowest BCUT2D eigenvalue weighted by atomic mass is 10.0. The zero-order valence-electron chi connectivity index (χ0n) is 9.15. The summed E-state index contributed by atoms with van der Waals surface area (Å²) in [7, 11) is 0. The Morgan fingerprint density at radius 3 is 2.23 bits per heavy atom. The van der Waals surface area contributed by atoms with Crippen LogP contribution in [0.15, 0.2) is 24.8 Å². The van der Waals surface area contributed by atoms with Crippen LogP contribution in [0.4, 0.5) is 0 Å². The third-order valence-corrected chi connectivity index (χ3v) is 2.32. The molecule has 0 saturated carbocycles. The largest absolute Gasteiger partial charge is 0.103 e. The van der Waals surface area contributed by atoms with Gasteiger partial charge in [0.25, 0.3) is 0 Å². The molecule has 0 saturated heterocycles. The van der Waals surface area contributed by atoms with Gasteiger partial charge in [0.15, 0.2) is 0 Å². The lowest BCUT2D eigenvalue weighted by Crippen LogP contribution is -1.84. The molecule has 13 heavy (non-hydrogen) atoms. The first kappa shape index (κ1) is 12.5. The van der Waals surface area contributed by atoms with Crippen molar-refractivity contribution in [1.29, 1.82) is 0 Å². The van der Waals surface area contributed by atoms with E-state index in [9.17, 15) is 0 Å². The fraction of sp³-hybridized carbons (Fsp3) is 0.692. The monoisotopic (exact) mass is 180 g/mol. The molecule has 0 rings (SSSR count). The zero-order chi connectivity index (χ0) is 9.94. The maximum atomic E-state index is 4.10. The van der Waals surface area contributed by atoms with Crippen molar-refractivity contribution in [2.45, 2.75) is 58.3 Å². The minimum atomic E-state index is 1.16. The molecule has 0 heterocycles. The average Bonchev–Trinajstić information content (AvgIpc) is 2.13. The highest BCUT2D eigenvalue weighted by atomic mass is 14.0. The maximum absolute atomic E-state index is 4.10. The van der Waals surface area contributed by atoms with Crippen molar-refractivity contribution in [1.82, 2.24) is 0 Å². The average molecular weight is 180 g/mol. The summed E-state index contributed by atoms with van der Waals surface area (Å²) < 4.78 is 0. The Morgan fingerprint density at radius 1 is 1.08 bits per heavy atom. The molecule has 0 amide bonds. The van der Waals surface area contributed by atoms with Gasteiger partial charge in [-0.2, -0.15) is 0 Å². The van der Waals surface area contributed by atoms with E-state index in [4.69, 9.17) is 0 Å². The summed E-state index contributed by atoms with van der Waals surface area (Å²) in [4.78, 5) is 0. The number of allylic oxidation sites excluding steroid dienone is 2. The Morgan fingerprint density at radius 2 is 1.69 bits per heavy atom. The minimum absolute atomic E-state index is 1.16. The topological polar surface area (TPSA) is 0 Å². The molecular weight excluding hydrogens is 156 g/mol. The van der Waals surface area contributed by atoms with Crippen molar-refractivity contribution >= 4 is 0 Å². The predicted octanol–water partition coefficient (Wildman–Crippen LogP) is 4.87. The summed E-state index contributed by atoms with van der Waals surface area (Å²) >= 11 is 0. The Balaban J connectivity index is 3.15. The molecule has 0 atom stereocenters. The minimum Gasteiger partial charge on any atom is -0.103 e. The van der Waals surface area contributed by atoms with E-state index in [1.54, 1.807) is 0 Å². The van der Waals surface area contributed by atoms with Gasteiger partial charge in [-0.3, -0.25) is 0 Å². The van der Waals surface area contributed by atoms with E-state index >= 15 is 0 Å². The Kier molecular flexibility index (Phi) is 9.18. The number of unbranched alkanes of at least 4 members (excludes halogenated alkanes) is 4. The summed E-state index contributed by atoms with van der Waals surface area (Å²) in [5.74, 6) is 0. The van der Waals surface area contributed by atoms with Crippen LogP contribution in [0.3, 0.4) is 0 Å². The van der Waals surface area contributed by atoms with Crippen molar-refractivity contribution < 1.29 is 0 Å². The van der Waals surface area contributed by atoms with Gasteiger partial charge in [-0.1, -0.05) is 38.0 Å². The molecule has 0 heteroatoms. The van der Waals surface area contributed by atoms with Crippen LogP contribution < -0.4 is 0 Å². The van der Waals surface area contributed by atoms with E-state index in [2.05, 4.69) is 20.1 Å². The molecule has 0 unspecified atom stereocenters. The molecular formula is C13H24. The molecule has 0 aromatic rings. The zero-order valence-corrected chi connectivity index (χ0v) is 9.15. The highest BCUT2D eigenvalue weighted by molar-refractivity contribution is 4.93. The number of rotatable bonds is 9. The molecule has 76 valence electrons. The molecule has 0 aromatic heterocycles. The van der Waals surface area contributed by atoms with E-state index in [1.807, 2.05) is 6.08 Å². The molecule has 0 radical (unpaired) electrons. The Bertz CT molecular complexity index is 133. The van der Waals surface area contributed by atoms with E-state index < -0.39 is 0 Å². The Hall–Kier alpha value is -0.520. The molecule has 0 spiro atoms. The third-order valence-electron chi connectivity index (χ3n) is 2.32. The van der Waals surface area contributed by atoms with E-state index in [0.29, 0.717) is 0 Å². The van der Waals surface area contributed by atoms with Gasteiger partial charge in [0.2, 0.25) is 0 Å². The van der Waals surface area contributed by atoms with Gasteiger partial charge >= 0.3 is 0 Å². The highest BCUT2D eigenvalue weighted by Crippen LogP contribution is 2.14. The van der Waals surface area contributed by atoms with Gasteiger partial charge in [-0.25, -0.2) is 0 Å². The maximum Gasteiger partial charge on any atom is -0.0323 e. The van der Waals surface area contributed by atoms with Crippen LogP contribution in [-0.2, 0) is 0 Å². The highest BCUT2D eigenvalue weighted by Gasteiger charge is 1.94. The van der Waals surface area contributed by atoms with Crippen LogP contribution in [-0.4, -0.2) is 0 Å². The second-order valence-electron chi connectivity index (χ2n) is 3.74. The molecule has 0 fully saturated rings. The fourth-order valence-corrected chi connectivity index (χ4v) is 1.41. The number of hydrogen-bond acceptors (Lipinski definition) is 0. The molecule has 0 aromatic carbocycles. The van der Waals surface area contributed by atoms with E-state index in [1.165, 1.54) is 50.5 Å². The first-order valence-corrected chi connectivity index (χ1v) is 5.58. The molecule has 0 aliphatic rings. The van der Waals surface area contributed by atoms with Gasteiger partial charge in [0.1, 0.15) is 0 Å². The van der Waals surface area contributed by atoms with E-state index in [-0.39, 0.29) is 0 Å². The van der Waals surface area contributed by atoms with Crippen molar-refractivity contribution in [2.75, 3.05) is 0 Å². The van der Waals surface area contributed by atoms with E-state index in [0.717, 1.165) is 6.42 Å². The molecule has 0 N–H and O–H groups in total. The molecule has 0 bridgehead atoms. The van der Waals surface area contributed by atoms with Crippen LogP contribution in [0.5, 0.6) is 0 Å². The lowest BCUT2D eigenvalue weighted by molar-refractivity contribution is 0.670. The normalized spacial score (nSPS) is 9.92. The number of hydrogen-bond donors (Lipinski definition) is 0. The summed E-state index contributed by atoms with van der Waals surface area (Å²) in [5.41, 5.74) is 1.44. The first-order valence-electron chi connectivity index (χ1n) is 5.58.